The molecule has 0 amide bonds. The summed E-state index contributed by atoms with van der Waals surface area (Å²) in [4.78, 5) is 27.4. The first-order valence-corrected chi connectivity index (χ1v) is 21.4. The summed E-state index contributed by atoms with van der Waals surface area (Å²) in [6.07, 6.45) is 8.94. The Kier molecular flexibility index (Phi) is 14.7. The zero-order valence-electron chi connectivity index (χ0n) is 37.3. The smallest absolute Gasteiger partial charge is 0.342 e. The fourth-order valence-electron chi connectivity index (χ4n) is 7.43. The van der Waals surface area contributed by atoms with Crippen LogP contribution in [0.2, 0.25) is 0 Å². The minimum Gasteiger partial charge on any atom is -0.493 e. The number of benzene rings is 4. The van der Waals surface area contributed by atoms with Crippen LogP contribution in [0.1, 0.15) is 123 Å². The highest BCUT2D eigenvalue weighted by Crippen LogP contribution is 2.42. The van der Waals surface area contributed by atoms with Crippen LogP contribution in [0, 0.1) is 0 Å². The van der Waals surface area contributed by atoms with Crippen molar-refractivity contribution in [2.75, 3.05) is 27.4 Å². The van der Waals surface area contributed by atoms with Crippen molar-refractivity contribution in [1.29, 1.82) is 0 Å². The number of methoxy groups -OCH3 is 2. The van der Waals surface area contributed by atoms with E-state index in [0.29, 0.717) is 80.1 Å². The number of aliphatic hydroxyl groups excluding tert-OH is 2. The number of unbranched alkanes of at least 4 members (excludes halogenated alkanes) is 4. The molecule has 0 unspecified atom stereocenters. The lowest BCUT2D eigenvalue weighted by Gasteiger charge is -2.19. The topological polar surface area (TPSA) is 138 Å². The van der Waals surface area contributed by atoms with Crippen molar-refractivity contribution in [2.24, 2.45) is 0 Å². The van der Waals surface area contributed by atoms with Gasteiger partial charge in [-0.25, -0.2) is 9.59 Å². The number of aliphatic hydroxyl groups is 2. The molecule has 0 bridgehead atoms. The van der Waals surface area contributed by atoms with Gasteiger partial charge in [0.15, 0.2) is 22.7 Å². The second-order valence-corrected chi connectivity index (χ2v) is 17.7. The normalized spacial score (nSPS) is 12.1. The van der Waals surface area contributed by atoms with Gasteiger partial charge in [0.1, 0.15) is 22.6 Å². The average molecular weight is 845 g/mol. The van der Waals surface area contributed by atoms with Crippen LogP contribution in [0.25, 0.3) is 44.6 Å². The van der Waals surface area contributed by atoms with Crippen LogP contribution in [0.5, 0.6) is 11.5 Å². The van der Waals surface area contributed by atoms with Crippen LogP contribution in [0.3, 0.4) is 0 Å². The quantitative estimate of drug-likeness (QED) is 0.0488. The van der Waals surface area contributed by atoms with Crippen LogP contribution in [0.4, 0.5) is 0 Å². The van der Waals surface area contributed by atoms with Crippen molar-refractivity contribution >= 4 is 33.9 Å². The molecule has 0 saturated carbocycles. The van der Waals surface area contributed by atoms with Crippen LogP contribution in [0.15, 0.2) is 93.8 Å². The monoisotopic (exact) mass is 844 g/mol. The van der Waals surface area contributed by atoms with Crippen LogP contribution in [-0.4, -0.2) is 49.6 Å². The zero-order valence-corrected chi connectivity index (χ0v) is 37.3. The van der Waals surface area contributed by atoms with Gasteiger partial charge in [-0.15, -0.1) is 0 Å². The van der Waals surface area contributed by atoms with Gasteiger partial charge >= 0.3 is 11.9 Å². The molecular formula is C52H60O10. The van der Waals surface area contributed by atoms with E-state index >= 15 is 0 Å². The predicted molar refractivity (Wildman–Crippen MR) is 243 cm³/mol. The number of carbonyl (C=O) groups is 2. The molecule has 10 heteroatoms. The molecule has 0 atom stereocenters. The summed E-state index contributed by atoms with van der Waals surface area (Å²) in [5.74, 6) is 0.675. The average Bonchev–Trinajstić information content (AvgIpc) is 3.85. The number of hydrogen-bond acceptors (Lipinski definition) is 10. The molecule has 62 heavy (non-hydrogen) atoms. The van der Waals surface area contributed by atoms with Crippen molar-refractivity contribution in [3.63, 3.8) is 0 Å². The van der Waals surface area contributed by atoms with Crippen LogP contribution in [-0.2, 0) is 33.5 Å². The largest absolute Gasteiger partial charge is 0.493 e. The van der Waals surface area contributed by atoms with E-state index in [1.807, 2.05) is 48.5 Å². The summed E-state index contributed by atoms with van der Waals surface area (Å²) < 4.78 is 35.3. The standard InChI is InChI=1S/C52H60O10/c1-51(2,3)37-21-17-35(18-22-37)45-43(39-27-33(31-53)29-41(57-7)47(39)61-45)49(55)59-25-15-13-11-9-10-12-14-16-26-60-50(56)44-40-28-34(32-54)30-42(58-8)48(40)62-46(44)36-19-23-38(24-20-36)52(4,5)6/h9-10,17-24,27-30,53-54H,11-16,25-26,31-32H2,1-8H3/b10-9-. The number of rotatable bonds is 18. The molecule has 4 aromatic carbocycles. The molecule has 2 N–H and O–H groups in total. The third-order valence-corrected chi connectivity index (χ3v) is 11.0. The molecule has 0 aliphatic carbocycles. The second kappa shape index (κ2) is 19.9. The van der Waals surface area contributed by atoms with E-state index < -0.39 is 11.9 Å². The third kappa shape index (κ3) is 10.4. The second-order valence-electron chi connectivity index (χ2n) is 17.7. The molecule has 10 nitrogen and oxygen atoms in total. The highest BCUT2D eigenvalue weighted by atomic mass is 16.5. The summed E-state index contributed by atoms with van der Waals surface area (Å²) in [6, 6.07) is 22.9. The molecule has 2 aromatic heterocycles. The minimum absolute atomic E-state index is 0.0352. The molecule has 6 rings (SSSR count). The Balaban J connectivity index is 1.00. The number of esters is 2. The summed E-state index contributed by atoms with van der Waals surface area (Å²) >= 11 is 0. The zero-order chi connectivity index (χ0) is 44.6. The lowest BCUT2D eigenvalue weighted by molar-refractivity contribution is 0.0491. The number of fused-ring (bicyclic) bond motifs is 2. The molecule has 0 saturated heterocycles. The summed E-state index contributed by atoms with van der Waals surface area (Å²) in [5.41, 5.74) is 6.39. The van der Waals surface area contributed by atoms with Crippen LogP contribution < -0.4 is 9.47 Å². The number of hydrogen-bond donors (Lipinski definition) is 2. The Morgan fingerprint density at radius 2 is 0.935 bits per heavy atom. The predicted octanol–water partition coefficient (Wildman–Crippen LogP) is 12.0. The van der Waals surface area contributed by atoms with E-state index in [2.05, 4.69) is 53.7 Å². The van der Waals surface area contributed by atoms with Crippen molar-refractivity contribution in [2.45, 2.75) is 104 Å². The van der Waals surface area contributed by atoms with Gasteiger partial charge < -0.3 is 38.0 Å². The van der Waals surface area contributed by atoms with Crippen molar-refractivity contribution in [3.8, 4) is 34.1 Å². The van der Waals surface area contributed by atoms with Crippen molar-refractivity contribution in [3.05, 3.63) is 118 Å². The van der Waals surface area contributed by atoms with Gasteiger partial charge in [-0.3, -0.25) is 0 Å². The highest BCUT2D eigenvalue weighted by molar-refractivity contribution is 6.11. The molecule has 6 aromatic rings. The van der Waals surface area contributed by atoms with Gasteiger partial charge in [0, 0.05) is 21.9 Å². The lowest BCUT2D eigenvalue weighted by atomic mass is 9.86. The summed E-state index contributed by atoms with van der Waals surface area (Å²) in [6.45, 7) is 12.9. The van der Waals surface area contributed by atoms with E-state index in [4.69, 9.17) is 27.8 Å². The van der Waals surface area contributed by atoms with E-state index in [9.17, 15) is 19.8 Å². The van der Waals surface area contributed by atoms with Gasteiger partial charge in [0.25, 0.3) is 0 Å². The molecule has 0 spiro atoms. The lowest BCUT2D eigenvalue weighted by Crippen LogP contribution is -2.10. The fraction of sp³-hybridized carbons (Fsp3) is 0.385. The number of furan rings is 2. The van der Waals surface area contributed by atoms with Crippen molar-refractivity contribution < 1.29 is 47.6 Å². The van der Waals surface area contributed by atoms with Crippen molar-refractivity contribution in [1.82, 2.24) is 0 Å². The van der Waals surface area contributed by atoms with E-state index in [1.165, 1.54) is 14.2 Å². The van der Waals surface area contributed by atoms with E-state index in [1.54, 1.807) is 24.3 Å². The van der Waals surface area contributed by atoms with Gasteiger partial charge in [0.05, 0.1) is 40.6 Å². The Bertz CT molecular complexity index is 2330. The molecule has 328 valence electrons. The maximum Gasteiger partial charge on any atom is 0.342 e. The Hall–Kier alpha value is -5.84. The minimum atomic E-state index is -0.492. The van der Waals surface area contributed by atoms with Gasteiger partial charge in [-0.1, -0.05) is 102 Å². The van der Waals surface area contributed by atoms with Gasteiger partial charge in [0.2, 0.25) is 0 Å². The number of allylic oxidation sites excluding steroid dienone is 2. The van der Waals surface area contributed by atoms with Gasteiger partial charge in [-0.2, -0.15) is 0 Å². The number of carbonyl (C=O) groups excluding carboxylic acids is 2. The molecule has 0 aliphatic heterocycles. The molecule has 2 heterocycles. The maximum absolute atomic E-state index is 13.7. The van der Waals surface area contributed by atoms with E-state index in [0.717, 1.165) is 47.9 Å². The Morgan fingerprint density at radius 1 is 0.565 bits per heavy atom. The summed E-state index contributed by atoms with van der Waals surface area (Å²) in [5, 5.41) is 20.9. The maximum atomic E-state index is 13.7. The van der Waals surface area contributed by atoms with Crippen LogP contribution >= 0.6 is 0 Å². The molecular weight excluding hydrogens is 785 g/mol. The molecule has 0 fully saturated rings. The first-order chi connectivity index (χ1) is 29.7. The Labute approximate surface area is 364 Å². The molecule has 0 radical (unpaired) electrons. The third-order valence-electron chi connectivity index (χ3n) is 11.0. The molecule has 0 aliphatic rings. The number of ether oxygens (including phenoxy) is 4. The first-order valence-electron chi connectivity index (χ1n) is 21.4. The SMILES string of the molecule is COc1cc(CO)cc2c(C(=O)OCCCC/C=C\CCCCOC(=O)c3c(-c4ccc(C(C)(C)C)cc4)oc4c(OC)cc(CO)cc34)c(-c3ccc(C(C)(C)C)cc3)oc12. The highest BCUT2D eigenvalue weighted by Gasteiger charge is 2.28. The van der Waals surface area contributed by atoms with Gasteiger partial charge in [-0.05, 0) is 95.9 Å². The summed E-state index contributed by atoms with van der Waals surface area (Å²) in [7, 11) is 3.06. The van der Waals surface area contributed by atoms with E-state index in [-0.39, 0.29) is 37.3 Å². The Morgan fingerprint density at radius 3 is 1.26 bits per heavy atom. The fourth-order valence-corrected chi connectivity index (χ4v) is 7.43. The first kappa shape index (κ1) is 45.7.